The summed E-state index contributed by atoms with van der Waals surface area (Å²) in [7, 11) is 0. The molecule has 0 amide bonds. The van der Waals surface area contributed by atoms with Gasteiger partial charge in [-0.25, -0.2) is 9.97 Å². The molecule has 0 unspecified atom stereocenters. The number of aliphatic hydroxyl groups is 1. The van der Waals surface area contributed by atoms with Gasteiger partial charge >= 0.3 is 0 Å². The Bertz CT molecular complexity index is 663. The molecule has 2 fully saturated rings. The van der Waals surface area contributed by atoms with Crippen molar-refractivity contribution in [3.8, 4) is 0 Å². The van der Waals surface area contributed by atoms with E-state index in [4.69, 9.17) is 4.74 Å². The van der Waals surface area contributed by atoms with Gasteiger partial charge in [-0.3, -0.25) is 5.10 Å². The second-order valence-corrected chi connectivity index (χ2v) is 6.25. The van der Waals surface area contributed by atoms with Crippen LogP contribution in [-0.2, 0) is 4.74 Å². The third-order valence-electron chi connectivity index (χ3n) is 5.33. The molecule has 4 rings (SSSR count). The fourth-order valence-electron chi connectivity index (χ4n) is 3.96. The van der Waals surface area contributed by atoms with Crippen LogP contribution in [0.25, 0.3) is 11.0 Å². The molecule has 118 valence electrons. The molecule has 2 atom stereocenters. The zero-order valence-corrected chi connectivity index (χ0v) is 12.7. The maximum absolute atomic E-state index is 10.3. The molecule has 1 aliphatic carbocycles. The van der Waals surface area contributed by atoms with Crippen LogP contribution in [0.4, 0.5) is 5.82 Å². The molecule has 1 aliphatic heterocycles. The Morgan fingerprint density at radius 3 is 2.95 bits per heavy atom. The topological polar surface area (TPSA) is 87.2 Å². The van der Waals surface area contributed by atoms with Gasteiger partial charge in [0.2, 0.25) is 0 Å². The number of aliphatic hydroxyl groups excluding tert-OH is 1. The largest absolute Gasteiger partial charge is 0.392 e. The van der Waals surface area contributed by atoms with E-state index in [0.29, 0.717) is 6.61 Å². The van der Waals surface area contributed by atoms with Crippen molar-refractivity contribution in [2.24, 2.45) is 5.41 Å². The highest BCUT2D eigenvalue weighted by atomic mass is 16.5. The molecule has 1 spiro atoms. The number of H-pyrrole nitrogens is 1. The summed E-state index contributed by atoms with van der Waals surface area (Å²) in [6.07, 6.45) is 5.95. The van der Waals surface area contributed by atoms with Crippen molar-refractivity contribution in [1.82, 2.24) is 20.2 Å². The molecular formula is C15H21N5O2. The van der Waals surface area contributed by atoms with Gasteiger partial charge in [0, 0.05) is 31.5 Å². The molecule has 7 heteroatoms. The highest BCUT2D eigenvalue weighted by molar-refractivity contribution is 5.86. The minimum absolute atomic E-state index is 0.0605. The number of hydrogen-bond acceptors (Lipinski definition) is 6. The molecule has 2 aromatic heterocycles. The molecule has 7 nitrogen and oxygen atoms in total. The lowest BCUT2D eigenvalue weighted by Gasteiger charge is -2.56. The molecule has 2 aliphatic rings. The monoisotopic (exact) mass is 303 g/mol. The maximum atomic E-state index is 10.3. The van der Waals surface area contributed by atoms with Gasteiger partial charge in [-0.15, -0.1) is 0 Å². The molecule has 0 bridgehead atoms. The van der Waals surface area contributed by atoms with Gasteiger partial charge < -0.3 is 14.7 Å². The van der Waals surface area contributed by atoms with Gasteiger partial charge in [0.15, 0.2) is 5.65 Å². The molecular weight excluding hydrogens is 282 g/mol. The number of rotatable bonds is 3. The third kappa shape index (κ3) is 1.92. The number of aromatic nitrogens is 4. The zero-order valence-electron chi connectivity index (χ0n) is 12.7. The van der Waals surface area contributed by atoms with Crippen molar-refractivity contribution in [1.29, 1.82) is 0 Å². The molecule has 0 aromatic carbocycles. The summed E-state index contributed by atoms with van der Waals surface area (Å²) in [4.78, 5) is 10.9. The molecule has 22 heavy (non-hydrogen) atoms. The second kappa shape index (κ2) is 5.17. The lowest BCUT2D eigenvalue weighted by molar-refractivity contribution is -0.199. The van der Waals surface area contributed by atoms with Crippen LogP contribution in [0.3, 0.4) is 0 Å². The van der Waals surface area contributed by atoms with Gasteiger partial charge in [0.1, 0.15) is 12.1 Å². The predicted molar refractivity (Wildman–Crippen MR) is 81.6 cm³/mol. The third-order valence-corrected chi connectivity index (χ3v) is 5.33. The molecule has 1 saturated heterocycles. The van der Waals surface area contributed by atoms with E-state index in [9.17, 15) is 5.11 Å². The van der Waals surface area contributed by atoms with Crippen molar-refractivity contribution in [3.05, 3.63) is 12.5 Å². The van der Waals surface area contributed by atoms with E-state index in [-0.39, 0.29) is 17.6 Å². The predicted octanol–water partition coefficient (Wildman–Crippen LogP) is 1.11. The molecule has 1 saturated carbocycles. The SMILES string of the molecule is CCO[C@H]1C[C@@H](O)C12CCN(c1ncnc3[nH]ncc13)CC2. The zero-order chi connectivity index (χ0) is 15.2. The second-order valence-electron chi connectivity index (χ2n) is 6.25. The van der Waals surface area contributed by atoms with Crippen LogP contribution >= 0.6 is 0 Å². The fourth-order valence-corrected chi connectivity index (χ4v) is 3.96. The Kier molecular flexibility index (Phi) is 3.27. The van der Waals surface area contributed by atoms with Crippen molar-refractivity contribution >= 4 is 16.9 Å². The van der Waals surface area contributed by atoms with Crippen LogP contribution in [-0.4, -0.2) is 57.2 Å². The normalized spacial score (nSPS) is 27.3. The Labute approximate surface area is 128 Å². The first-order chi connectivity index (χ1) is 10.7. The number of nitrogens with zero attached hydrogens (tertiary/aromatic N) is 4. The summed E-state index contributed by atoms with van der Waals surface area (Å²) >= 11 is 0. The van der Waals surface area contributed by atoms with Gasteiger partial charge in [-0.1, -0.05) is 0 Å². The van der Waals surface area contributed by atoms with Crippen LogP contribution in [0.2, 0.25) is 0 Å². The summed E-state index contributed by atoms with van der Waals surface area (Å²) in [5.74, 6) is 0.926. The van der Waals surface area contributed by atoms with Gasteiger partial charge in [0.25, 0.3) is 0 Å². The summed E-state index contributed by atoms with van der Waals surface area (Å²) in [6, 6.07) is 0. The number of anilines is 1. The van der Waals surface area contributed by atoms with Crippen molar-refractivity contribution < 1.29 is 9.84 Å². The molecule has 0 radical (unpaired) electrons. The van der Waals surface area contributed by atoms with E-state index >= 15 is 0 Å². The highest BCUT2D eigenvalue weighted by Crippen LogP contribution is 2.51. The number of nitrogens with one attached hydrogen (secondary N) is 1. The van der Waals surface area contributed by atoms with Gasteiger partial charge in [-0.2, -0.15) is 5.10 Å². The highest BCUT2D eigenvalue weighted by Gasteiger charge is 2.56. The molecule has 2 aromatic rings. The molecule has 2 N–H and O–H groups in total. The van der Waals surface area contributed by atoms with E-state index in [0.717, 1.165) is 49.2 Å². The number of hydrogen-bond donors (Lipinski definition) is 2. The number of fused-ring (bicyclic) bond motifs is 1. The molecule has 3 heterocycles. The summed E-state index contributed by atoms with van der Waals surface area (Å²) < 4.78 is 5.82. The van der Waals surface area contributed by atoms with E-state index < -0.39 is 0 Å². The number of ether oxygens (including phenoxy) is 1. The average Bonchev–Trinajstić information content (AvgIpc) is 3.03. The quantitative estimate of drug-likeness (QED) is 0.883. The average molecular weight is 303 g/mol. The lowest BCUT2D eigenvalue weighted by atomic mass is 9.58. The Morgan fingerprint density at radius 1 is 1.41 bits per heavy atom. The minimum atomic E-state index is -0.231. The lowest BCUT2D eigenvalue weighted by Crippen LogP contribution is -2.62. The van der Waals surface area contributed by atoms with Crippen LogP contribution in [0.5, 0.6) is 0 Å². The van der Waals surface area contributed by atoms with Gasteiger partial charge in [0.05, 0.1) is 23.8 Å². The number of piperidine rings is 1. The van der Waals surface area contributed by atoms with Crippen LogP contribution in [0, 0.1) is 5.41 Å². The minimum Gasteiger partial charge on any atom is -0.392 e. The van der Waals surface area contributed by atoms with E-state index in [1.54, 1.807) is 12.5 Å². The smallest absolute Gasteiger partial charge is 0.160 e. The van der Waals surface area contributed by atoms with Crippen molar-refractivity contribution in [2.45, 2.75) is 38.4 Å². The maximum Gasteiger partial charge on any atom is 0.160 e. The summed E-state index contributed by atoms with van der Waals surface area (Å²) in [6.45, 7) is 4.48. The van der Waals surface area contributed by atoms with E-state index in [2.05, 4.69) is 25.1 Å². The first-order valence-electron chi connectivity index (χ1n) is 7.93. The van der Waals surface area contributed by atoms with E-state index in [1.165, 1.54) is 0 Å². The standard InChI is InChI=1S/C15H21N5O2/c1-2-22-12-7-11(21)15(12)3-5-20(6-4-15)14-10-8-18-19-13(10)16-9-17-14/h8-9,11-12,21H,2-7H2,1H3,(H,16,17,18,19)/t11-,12+/m1/s1. The Hall–Kier alpha value is -1.73. The van der Waals surface area contributed by atoms with Crippen LogP contribution in [0.15, 0.2) is 12.5 Å². The Balaban J connectivity index is 1.53. The first kappa shape index (κ1) is 13.9. The summed E-state index contributed by atoms with van der Waals surface area (Å²) in [5, 5.41) is 18.2. The fraction of sp³-hybridized carbons (Fsp3) is 0.667. The van der Waals surface area contributed by atoms with Crippen molar-refractivity contribution in [2.75, 3.05) is 24.6 Å². The number of aromatic amines is 1. The Morgan fingerprint density at radius 2 is 2.23 bits per heavy atom. The van der Waals surface area contributed by atoms with E-state index in [1.807, 2.05) is 6.92 Å². The van der Waals surface area contributed by atoms with Crippen LogP contribution in [0.1, 0.15) is 26.2 Å². The first-order valence-corrected chi connectivity index (χ1v) is 7.93. The summed E-state index contributed by atoms with van der Waals surface area (Å²) in [5.41, 5.74) is 0.704. The van der Waals surface area contributed by atoms with Crippen molar-refractivity contribution in [3.63, 3.8) is 0 Å². The van der Waals surface area contributed by atoms with Crippen LogP contribution < -0.4 is 4.90 Å². The van der Waals surface area contributed by atoms with Gasteiger partial charge in [-0.05, 0) is 19.8 Å².